The maximum absolute atomic E-state index is 12.6. The molecule has 0 bridgehead atoms. The van der Waals surface area contributed by atoms with Gasteiger partial charge in [-0.25, -0.2) is 9.36 Å². The zero-order valence-electron chi connectivity index (χ0n) is 13.6. The monoisotopic (exact) mass is 301 g/mol. The first-order chi connectivity index (χ1) is 10.4. The fourth-order valence-corrected chi connectivity index (χ4v) is 2.41. The Morgan fingerprint density at radius 3 is 2.64 bits per heavy atom. The second-order valence-corrected chi connectivity index (χ2v) is 6.19. The summed E-state index contributed by atoms with van der Waals surface area (Å²) in [6.45, 7) is 9.32. The Kier molecular flexibility index (Phi) is 4.71. The molecule has 2 aromatic rings. The molecule has 0 saturated carbocycles. The number of hydrogen-bond donors (Lipinski definition) is 0. The van der Waals surface area contributed by atoms with Gasteiger partial charge in [0.05, 0.1) is 11.2 Å². The normalized spacial score (nSPS) is 13.1. The summed E-state index contributed by atoms with van der Waals surface area (Å²) in [5, 5.41) is 0.981. The summed E-state index contributed by atoms with van der Waals surface area (Å²) in [5.41, 5.74) is 1.04. The molecule has 0 spiro atoms. The third-order valence-electron chi connectivity index (χ3n) is 3.31. The van der Waals surface area contributed by atoms with Crippen LogP contribution in [0.2, 0.25) is 0 Å². The predicted molar refractivity (Wildman–Crippen MR) is 88.1 cm³/mol. The van der Waals surface area contributed by atoms with E-state index in [4.69, 9.17) is 9.47 Å². The van der Waals surface area contributed by atoms with E-state index in [0.717, 1.165) is 16.6 Å². The van der Waals surface area contributed by atoms with Gasteiger partial charge in [0.15, 0.2) is 0 Å². The average molecular weight is 301 g/mol. The summed E-state index contributed by atoms with van der Waals surface area (Å²) in [6, 6.07) is 9.70. The van der Waals surface area contributed by atoms with E-state index in [9.17, 15) is 4.79 Å². The molecule has 118 valence electrons. The van der Waals surface area contributed by atoms with Gasteiger partial charge in [0, 0.05) is 12.5 Å². The van der Waals surface area contributed by atoms with E-state index in [1.54, 1.807) is 17.8 Å². The average Bonchev–Trinajstić information content (AvgIpc) is 2.82. The second-order valence-electron chi connectivity index (χ2n) is 6.19. The number of nitrogens with zero attached hydrogens (tertiary/aromatic N) is 1. The minimum atomic E-state index is -0.555. The molecule has 0 aliphatic rings. The summed E-state index contributed by atoms with van der Waals surface area (Å²) in [5.74, 6) is 0. The molecule has 0 fully saturated rings. The maximum Gasteiger partial charge on any atom is 0.419 e. The van der Waals surface area contributed by atoms with Crippen LogP contribution in [0.4, 0.5) is 4.79 Å². The molecule has 0 unspecified atom stereocenters. The van der Waals surface area contributed by atoms with Crippen LogP contribution < -0.4 is 0 Å². The highest BCUT2D eigenvalue weighted by Gasteiger charge is 2.25. The van der Waals surface area contributed by atoms with Crippen molar-refractivity contribution in [2.24, 2.45) is 0 Å². The molecular weight excluding hydrogens is 278 g/mol. The number of hydrogen-bond acceptors (Lipinski definition) is 3. The van der Waals surface area contributed by atoms with Crippen LogP contribution in [-0.4, -0.2) is 23.4 Å². The molecule has 4 nitrogen and oxygen atoms in total. The van der Waals surface area contributed by atoms with Crippen LogP contribution in [0.15, 0.2) is 43.0 Å². The third kappa shape index (κ3) is 3.39. The van der Waals surface area contributed by atoms with Gasteiger partial charge >= 0.3 is 6.09 Å². The zero-order chi connectivity index (χ0) is 16.3. The number of methoxy groups -OCH3 is 1. The van der Waals surface area contributed by atoms with Gasteiger partial charge < -0.3 is 9.47 Å². The quantitative estimate of drug-likeness (QED) is 0.769. The predicted octanol–water partition coefficient (Wildman–Crippen LogP) is 4.69. The van der Waals surface area contributed by atoms with Crippen molar-refractivity contribution >= 4 is 17.0 Å². The fraction of sp³-hybridized carbons (Fsp3) is 0.389. The molecule has 0 saturated heterocycles. The van der Waals surface area contributed by atoms with Crippen molar-refractivity contribution < 1.29 is 14.3 Å². The minimum Gasteiger partial charge on any atom is -0.443 e. The van der Waals surface area contributed by atoms with Gasteiger partial charge in [0.2, 0.25) is 0 Å². The largest absolute Gasteiger partial charge is 0.443 e. The number of ether oxygens (including phenoxy) is 2. The van der Waals surface area contributed by atoms with Crippen LogP contribution in [0.1, 0.15) is 39.0 Å². The van der Waals surface area contributed by atoms with Crippen molar-refractivity contribution in [2.75, 3.05) is 7.11 Å². The zero-order valence-corrected chi connectivity index (χ0v) is 13.6. The van der Waals surface area contributed by atoms with Crippen LogP contribution >= 0.6 is 0 Å². The third-order valence-corrected chi connectivity index (χ3v) is 3.31. The van der Waals surface area contributed by atoms with Crippen molar-refractivity contribution in [3.05, 3.63) is 48.7 Å². The molecule has 1 heterocycles. The van der Waals surface area contributed by atoms with E-state index in [-0.39, 0.29) is 6.10 Å². The Balaban J connectivity index is 2.57. The summed E-state index contributed by atoms with van der Waals surface area (Å²) < 4.78 is 12.7. The lowest BCUT2D eigenvalue weighted by Gasteiger charge is -2.22. The van der Waals surface area contributed by atoms with E-state index in [1.807, 2.05) is 51.1 Å². The Hall–Kier alpha value is -2.07. The van der Waals surface area contributed by atoms with Gasteiger partial charge in [-0.05, 0) is 39.3 Å². The smallest absolute Gasteiger partial charge is 0.419 e. The van der Waals surface area contributed by atoms with Crippen LogP contribution in [-0.2, 0) is 9.47 Å². The van der Waals surface area contributed by atoms with Gasteiger partial charge in [-0.1, -0.05) is 24.3 Å². The van der Waals surface area contributed by atoms with Gasteiger partial charge in [0.25, 0.3) is 0 Å². The lowest BCUT2D eigenvalue weighted by molar-refractivity contribution is 0.0501. The first kappa shape index (κ1) is 16.3. The molecule has 2 rings (SSSR count). The molecular formula is C18H23NO3. The van der Waals surface area contributed by atoms with Gasteiger partial charge in [-0.2, -0.15) is 0 Å². The number of carbonyl (C=O) groups excluding carboxylic acids is 1. The molecule has 0 aliphatic heterocycles. The highest BCUT2D eigenvalue weighted by Crippen LogP contribution is 2.29. The molecule has 0 amide bonds. The van der Waals surface area contributed by atoms with Crippen molar-refractivity contribution in [1.29, 1.82) is 0 Å². The number of carbonyl (C=O) groups is 1. The lowest BCUT2D eigenvalue weighted by atomic mass is 10.1. The standard InChI is InChI=1S/C18H23NO3/c1-6-9-16(21-5)15-12-13-10-7-8-11-14(13)19(15)17(20)22-18(2,3)4/h6-8,10-12,16H,1,9H2,2-5H3/t16-/m0/s1. The van der Waals surface area contributed by atoms with E-state index >= 15 is 0 Å². The molecule has 1 atom stereocenters. The maximum atomic E-state index is 12.6. The molecule has 0 radical (unpaired) electrons. The first-order valence-electron chi connectivity index (χ1n) is 7.35. The molecule has 0 aliphatic carbocycles. The molecule has 0 N–H and O–H groups in total. The van der Waals surface area contributed by atoms with E-state index in [1.165, 1.54) is 0 Å². The summed E-state index contributed by atoms with van der Waals surface area (Å²) in [6.07, 6.45) is 1.77. The van der Waals surface area contributed by atoms with Crippen molar-refractivity contribution in [3.8, 4) is 0 Å². The molecule has 1 aromatic carbocycles. The molecule has 22 heavy (non-hydrogen) atoms. The van der Waals surface area contributed by atoms with Crippen molar-refractivity contribution in [2.45, 2.75) is 38.9 Å². The van der Waals surface area contributed by atoms with E-state index in [0.29, 0.717) is 6.42 Å². The molecule has 1 aromatic heterocycles. The number of aromatic nitrogens is 1. The number of rotatable bonds is 4. The second kappa shape index (κ2) is 6.36. The Morgan fingerprint density at radius 1 is 1.36 bits per heavy atom. The van der Waals surface area contributed by atoms with E-state index < -0.39 is 11.7 Å². The van der Waals surface area contributed by atoms with Crippen LogP contribution in [0.3, 0.4) is 0 Å². The lowest BCUT2D eigenvalue weighted by Crippen LogP contribution is -2.28. The first-order valence-corrected chi connectivity index (χ1v) is 7.35. The minimum absolute atomic E-state index is 0.239. The number of para-hydroxylation sites is 1. The van der Waals surface area contributed by atoms with Gasteiger partial charge in [-0.15, -0.1) is 6.58 Å². The highest BCUT2D eigenvalue weighted by atomic mass is 16.6. The van der Waals surface area contributed by atoms with Gasteiger partial charge in [0.1, 0.15) is 11.7 Å². The SMILES string of the molecule is C=CC[C@H](OC)c1cc2ccccc2n1C(=O)OC(C)(C)C. The Labute approximate surface area is 131 Å². The Morgan fingerprint density at radius 2 is 2.05 bits per heavy atom. The van der Waals surface area contributed by atoms with Crippen LogP contribution in [0.25, 0.3) is 10.9 Å². The van der Waals surface area contributed by atoms with Crippen molar-refractivity contribution in [3.63, 3.8) is 0 Å². The van der Waals surface area contributed by atoms with Crippen LogP contribution in [0, 0.1) is 0 Å². The topological polar surface area (TPSA) is 40.5 Å². The summed E-state index contributed by atoms with van der Waals surface area (Å²) in [7, 11) is 1.63. The fourth-order valence-electron chi connectivity index (χ4n) is 2.41. The van der Waals surface area contributed by atoms with Crippen molar-refractivity contribution in [1.82, 2.24) is 4.57 Å². The highest BCUT2D eigenvalue weighted by molar-refractivity contribution is 5.91. The van der Waals surface area contributed by atoms with Crippen LogP contribution in [0.5, 0.6) is 0 Å². The Bertz CT molecular complexity index is 679. The molecule has 4 heteroatoms. The number of benzene rings is 1. The van der Waals surface area contributed by atoms with E-state index in [2.05, 4.69) is 6.58 Å². The number of fused-ring (bicyclic) bond motifs is 1. The summed E-state index contributed by atoms with van der Waals surface area (Å²) >= 11 is 0. The van der Waals surface area contributed by atoms with Gasteiger partial charge in [-0.3, -0.25) is 0 Å². The summed E-state index contributed by atoms with van der Waals surface area (Å²) in [4.78, 5) is 12.6.